The molecule has 2 unspecified atom stereocenters. The monoisotopic (exact) mass is 434 g/mol. The first-order chi connectivity index (χ1) is 14.3. The van der Waals surface area contributed by atoms with Crippen LogP contribution in [0.3, 0.4) is 0 Å². The highest BCUT2D eigenvalue weighted by Gasteiger charge is 2.75. The van der Waals surface area contributed by atoms with E-state index in [1.165, 1.54) is 13.8 Å². The van der Waals surface area contributed by atoms with Crippen LogP contribution in [0.5, 0.6) is 0 Å². The van der Waals surface area contributed by atoms with Crippen LogP contribution in [0.25, 0.3) is 0 Å². The molecule has 0 amide bonds. The molecule has 7 heteroatoms. The maximum Gasteiger partial charge on any atom is 0.337 e. The number of hydrogen-bond acceptors (Lipinski definition) is 7. The van der Waals surface area contributed by atoms with Gasteiger partial charge in [0.25, 0.3) is 0 Å². The fourth-order valence-corrected chi connectivity index (χ4v) is 7.78. The molecule has 0 spiro atoms. The largest absolute Gasteiger partial charge is 0.462 e. The van der Waals surface area contributed by atoms with Gasteiger partial charge in [-0.1, -0.05) is 34.1 Å². The number of aliphatic hydroxyl groups is 1. The van der Waals surface area contributed by atoms with Gasteiger partial charge >= 0.3 is 17.9 Å². The van der Waals surface area contributed by atoms with E-state index in [1.54, 1.807) is 6.08 Å². The van der Waals surface area contributed by atoms with Crippen molar-refractivity contribution in [2.45, 2.75) is 85.0 Å². The fourth-order valence-electron chi connectivity index (χ4n) is 7.78. The van der Waals surface area contributed by atoms with Gasteiger partial charge in [-0.15, -0.1) is 0 Å². The first kappa shape index (κ1) is 22.3. The number of hydrogen-bond donors (Lipinski definition) is 1. The molecule has 1 aliphatic heterocycles. The van der Waals surface area contributed by atoms with Crippen molar-refractivity contribution in [1.29, 1.82) is 0 Å². The topological polar surface area (TPSA) is 99.1 Å². The molecule has 4 rings (SSSR count). The quantitative estimate of drug-likeness (QED) is 0.527. The van der Waals surface area contributed by atoms with Gasteiger partial charge in [-0.2, -0.15) is 0 Å². The van der Waals surface area contributed by atoms with Gasteiger partial charge in [-0.25, -0.2) is 4.79 Å². The van der Waals surface area contributed by atoms with Crippen LogP contribution in [-0.2, 0) is 28.6 Å². The van der Waals surface area contributed by atoms with Crippen LogP contribution in [0.2, 0.25) is 0 Å². The van der Waals surface area contributed by atoms with Crippen molar-refractivity contribution in [3.8, 4) is 0 Å². The van der Waals surface area contributed by atoms with Crippen molar-refractivity contribution in [1.82, 2.24) is 0 Å². The van der Waals surface area contributed by atoms with Gasteiger partial charge in [0.15, 0.2) is 0 Å². The standard InChI is InChI=1S/C24H34O7/c1-13(25)30-16-10-15-20(27)29-12-24(15,28)23(6)18(31-14(2)26)11-17-21(3,4)8-7-9-22(17,5)19(16)23/h10,16-19,28H,7-9,11-12H2,1-6H3/t16-,17?,18-,19?,22-,23+,24-/m0/s1. The van der Waals surface area contributed by atoms with Crippen LogP contribution in [0.4, 0.5) is 0 Å². The van der Waals surface area contributed by atoms with Crippen LogP contribution in [0.1, 0.15) is 67.2 Å². The lowest BCUT2D eigenvalue weighted by molar-refractivity contribution is -0.268. The third kappa shape index (κ3) is 2.91. The van der Waals surface area contributed by atoms with E-state index in [0.717, 1.165) is 19.3 Å². The molecule has 0 bridgehead atoms. The minimum Gasteiger partial charge on any atom is -0.462 e. The summed E-state index contributed by atoms with van der Waals surface area (Å²) in [6, 6.07) is 0. The Balaban J connectivity index is 1.97. The molecule has 0 aromatic carbocycles. The summed E-state index contributed by atoms with van der Waals surface area (Å²) >= 11 is 0. The molecule has 172 valence electrons. The van der Waals surface area contributed by atoms with Crippen LogP contribution >= 0.6 is 0 Å². The molecule has 2 saturated carbocycles. The molecule has 7 nitrogen and oxygen atoms in total. The van der Waals surface area contributed by atoms with Gasteiger partial charge in [0.05, 0.1) is 5.57 Å². The van der Waals surface area contributed by atoms with E-state index in [9.17, 15) is 19.5 Å². The van der Waals surface area contributed by atoms with E-state index in [-0.39, 0.29) is 34.8 Å². The zero-order chi connectivity index (χ0) is 23.0. The molecule has 0 radical (unpaired) electrons. The number of cyclic esters (lactones) is 1. The smallest absolute Gasteiger partial charge is 0.337 e. The third-order valence-corrected chi connectivity index (χ3v) is 8.99. The Bertz CT molecular complexity index is 860. The van der Waals surface area contributed by atoms with E-state index in [1.807, 2.05) is 6.92 Å². The molecule has 3 aliphatic carbocycles. The Morgan fingerprint density at radius 2 is 1.74 bits per heavy atom. The second-order valence-electron chi connectivity index (χ2n) is 11.1. The van der Waals surface area contributed by atoms with Gasteiger partial charge < -0.3 is 19.3 Å². The predicted octanol–water partition coefficient (Wildman–Crippen LogP) is 2.94. The van der Waals surface area contributed by atoms with E-state index < -0.39 is 41.1 Å². The number of rotatable bonds is 2. The Labute approximate surface area is 183 Å². The first-order valence-electron chi connectivity index (χ1n) is 11.2. The summed E-state index contributed by atoms with van der Waals surface area (Å²) in [4.78, 5) is 36.8. The van der Waals surface area contributed by atoms with Crippen molar-refractivity contribution < 1.29 is 33.7 Å². The summed E-state index contributed by atoms with van der Waals surface area (Å²) in [6.07, 6.45) is 3.77. The average Bonchev–Trinajstić information content (AvgIpc) is 2.92. The van der Waals surface area contributed by atoms with Crippen molar-refractivity contribution in [3.63, 3.8) is 0 Å². The van der Waals surface area contributed by atoms with Crippen molar-refractivity contribution in [2.24, 2.45) is 28.1 Å². The van der Waals surface area contributed by atoms with Gasteiger partial charge in [0.2, 0.25) is 0 Å². The predicted molar refractivity (Wildman–Crippen MR) is 111 cm³/mol. The highest BCUT2D eigenvalue weighted by molar-refractivity contribution is 5.94. The summed E-state index contributed by atoms with van der Waals surface area (Å²) in [5.41, 5.74) is -2.89. The summed E-state index contributed by atoms with van der Waals surface area (Å²) < 4.78 is 17.0. The lowest BCUT2D eigenvalue weighted by atomic mass is 9.38. The zero-order valence-corrected chi connectivity index (χ0v) is 19.3. The summed E-state index contributed by atoms with van der Waals surface area (Å²) in [5.74, 6) is -1.67. The number of esters is 3. The molecule has 0 aromatic rings. The Kier molecular flexibility index (Phi) is 4.90. The second-order valence-corrected chi connectivity index (χ2v) is 11.1. The van der Waals surface area contributed by atoms with Gasteiger partial charge in [0, 0.05) is 25.2 Å². The minimum atomic E-state index is -1.62. The van der Waals surface area contributed by atoms with Crippen LogP contribution in [0.15, 0.2) is 11.6 Å². The summed E-state index contributed by atoms with van der Waals surface area (Å²) in [7, 11) is 0. The molecule has 1 saturated heterocycles. The maximum absolute atomic E-state index is 12.6. The molecular weight excluding hydrogens is 400 g/mol. The normalized spacial score (nSPS) is 45.4. The average molecular weight is 435 g/mol. The van der Waals surface area contributed by atoms with Gasteiger partial charge in [-0.3, -0.25) is 9.59 Å². The highest BCUT2D eigenvalue weighted by Crippen LogP contribution is 2.70. The fraction of sp³-hybridized carbons (Fsp3) is 0.792. The van der Waals surface area contributed by atoms with Crippen molar-refractivity contribution >= 4 is 17.9 Å². The van der Waals surface area contributed by atoms with Crippen LogP contribution in [-0.4, -0.2) is 47.4 Å². The third-order valence-electron chi connectivity index (χ3n) is 8.99. The van der Waals surface area contributed by atoms with Crippen molar-refractivity contribution in [2.75, 3.05) is 6.61 Å². The molecular formula is C24H34O7. The number of ether oxygens (including phenoxy) is 3. The van der Waals surface area contributed by atoms with Gasteiger partial charge in [0.1, 0.15) is 24.4 Å². The molecule has 1 N–H and O–H groups in total. The van der Waals surface area contributed by atoms with E-state index in [2.05, 4.69) is 20.8 Å². The van der Waals surface area contributed by atoms with E-state index >= 15 is 0 Å². The SMILES string of the molecule is CC(=O)O[C@H]1C=C2C(=O)OC[C@@]2(O)[C@@]2(C)C1[C@@]1(C)CCCC(C)(C)C1C[C@@H]2OC(C)=O. The zero-order valence-electron chi connectivity index (χ0n) is 19.3. The van der Waals surface area contributed by atoms with Crippen LogP contribution < -0.4 is 0 Å². The maximum atomic E-state index is 12.6. The Morgan fingerprint density at radius 3 is 2.35 bits per heavy atom. The second kappa shape index (κ2) is 6.80. The molecule has 31 heavy (non-hydrogen) atoms. The molecule has 4 aliphatic rings. The Hall–Kier alpha value is -1.89. The van der Waals surface area contributed by atoms with Gasteiger partial charge in [-0.05, 0) is 42.1 Å². The Morgan fingerprint density at radius 1 is 1.10 bits per heavy atom. The molecule has 1 heterocycles. The van der Waals surface area contributed by atoms with Crippen LogP contribution in [0, 0.1) is 28.1 Å². The number of carbonyl (C=O) groups is 3. The lowest BCUT2D eigenvalue weighted by Gasteiger charge is -2.68. The number of fused-ring (bicyclic) bond motifs is 5. The number of carbonyl (C=O) groups excluding carboxylic acids is 3. The molecule has 0 aromatic heterocycles. The minimum absolute atomic E-state index is 0.0118. The van der Waals surface area contributed by atoms with Crippen molar-refractivity contribution in [3.05, 3.63) is 11.6 Å². The molecule has 7 atom stereocenters. The molecule has 3 fully saturated rings. The van der Waals surface area contributed by atoms with E-state index in [0.29, 0.717) is 6.42 Å². The highest BCUT2D eigenvalue weighted by atomic mass is 16.6. The summed E-state index contributed by atoms with van der Waals surface area (Å²) in [6.45, 7) is 11.1. The van der Waals surface area contributed by atoms with E-state index in [4.69, 9.17) is 14.2 Å². The first-order valence-corrected chi connectivity index (χ1v) is 11.2. The summed E-state index contributed by atoms with van der Waals surface area (Å²) in [5, 5.41) is 12.0. The lowest BCUT2D eigenvalue weighted by Crippen LogP contribution is -2.72.